The number of carbonyl (C=O) groups excluding carboxylic acids is 1. The first-order valence-corrected chi connectivity index (χ1v) is 23.9. The molecular weight excluding hydrogens is 695 g/mol. The minimum Gasteiger partial charge on any atom is -0.387 e. The maximum atomic E-state index is 12.8. The Morgan fingerprint density at radius 2 is 1.02 bits per heavy atom. The summed E-state index contributed by atoms with van der Waals surface area (Å²) in [6.07, 6.45) is 45.1. The Morgan fingerprint density at radius 3 is 1.48 bits per heavy atom. The van der Waals surface area contributed by atoms with Gasteiger partial charge >= 0.3 is 7.82 Å². The number of carbonyl (C=O) groups is 1. The molecule has 0 aromatic heterocycles. The van der Waals surface area contributed by atoms with Gasteiger partial charge in [0, 0.05) is 6.42 Å². The fraction of sp³-hybridized carbons (Fsp3) is 0.844. The Bertz CT molecular complexity index is 980. The van der Waals surface area contributed by atoms with Crippen molar-refractivity contribution < 1.29 is 32.9 Å². The quantitative estimate of drug-likeness (QED) is 0.0247. The number of quaternary nitrogens is 1. The summed E-state index contributed by atoms with van der Waals surface area (Å²) < 4.78 is 23.5. The summed E-state index contributed by atoms with van der Waals surface area (Å²) in [6.45, 7) is 4.76. The maximum absolute atomic E-state index is 12.8. The molecule has 0 saturated carbocycles. The van der Waals surface area contributed by atoms with Crippen LogP contribution in [0.1, 0.15) is 194 Å². The Kier molecular flexibility index (Phi) is 36.4. The molecule has 8 nitrogen and oxygen atoms in total. The predicted molar refractivity (Wildman–Crippen MR) is 231 cm³/mol. The van der Waals surface area contributed by atoms with Crippen LogP contribution < -0.4 is 5.32 Å². The molecule has 0 aliphatic heterocycles. The Morgan fingerprint density at radius 1 is 0.611 bits per heavy atom. The van der Waals surface area contributed by atoms with E-state index in [9.17, 15) is 19.4 Å². The smallest absolute Gasteiger partial charge is 0.387 e. The van der Waals surface area contributed by atoms with Crippen molar-refractivity contribution in [2.45, 2.75) is 206 Å². The van der Waals surface area contributed by atoms with Gasteiger partial charge in [0.2, 0.25) is 5.91 Å². The number of nitrogens with one attached hydrogen (secondary N) is 1. The highest BCUT2D eigenvalue weighted by Crippen LogP contribution is 2.43. The number of rotatable bonds is 40. The summed E-state index contributed by atoms with van der Waals surface area (Å²) in [7, 11) is 1.55. The minimum atomic E-state index is -4.34. The van der Waals surface area contributed by atoms with Crippen molar-refractivity contribution in [2.24, 2.45) is 0 Å². The summed E-state index contributed by atoms with van der Waals surface area (Å²) in [5.74, 6) is -0.191. The number of phosphoric ester groups is 1. The third-order valence-electron chi connectivity index (χ3n) is 9.83. The van der Waals surface area contributed by atoms with E-state index in [-0.39, 0.29) is 19.1 Å². The molecule has 0 bridgehead atoms. The standard InChI is InChI=1S/C45H87N2O6P/c1-6-8-10-12-14-16-18-19-20-21-22-23-24-25-26-27-29-31-33-35-37-39-45(49)46-43(42-53-54(50,51)52-41-40-47(3,4)5)44(48)38-36-34-32-30-28-17-15-13-11-9-7-2/h21-22,28,30,36,38,43-44,48H,6-20,23-27,29,31-35,37,39-42H2,1-5H3,(H-,46,49,50,51)/p+1/b22-21-,30-28+,38-36+. The molecule has 3 unspecified atom stereocenters. The zero-order valence-electron chi connectivity index (χ0n) is 36.0. The van der Waals surface area contributed by atoms with E-state index in [2.05, 4.69) is 43.5 Å². The van der Waals surface area contributed by atoms with Gasteiger partial charge in [0.1, 0.15) is 13.2 Å². The summed E-state index contributed by atoms with van der Waals surface area (Å²) >= 11 is 0. The van der Waals surface area contributed by atoms with E-state index < -0.39 is 20.0 Å². The van der Waals surface area contributed by atoms with Crippen LogP contribution in [0, 0.1) is 0 Å². The van der Waals surface area contributed by atoms with Crippen LogP contribution in [0.4, 0.5) is 0 Å². The first kappa shape index (κ1) is 52.7. The lowest BCUT2D eigenvalue weighted by atomic mass is 10.0. The topological polar surface area (TPSA) is 105 Å². The van der Waals surface area contributed by atoms with Gasteiger partial charge < -0.3 is 19.8 Å². The van der Waals surface area contributed by atoms with Gasteiger partial charge in [0.05, 0.1) is 39.9 Å². The molecule has 318 valence electrons. The molecule has 3 N–H and O–H groups in total. The number of amides is 1. The van der Waals surface area contributed by atoms with Crippen molar-refractivity contribution in [1.29, 1.82) is 0 Å². The van der Waals surface area contributed by atoms with Crippen molar-refractivity contribution in [3.63, 3.8) is 0 Å². The van der Waals surface area contributed by atoms with E-state index in [4.69, 9.17) is 9.05 Å². The first-order chi connectivity index (χ1) is 26.0. The molecular formula is C45H88N2O6P+. The number of likely N-dealkylation sites (N-methyl/N-ethyl adjacent to an activating group) is 1. The van der Waals surface area contributed by atoms with Crippen LogP contribution in [0.3, 0.4) is 0 Å². The molecule has 0 heterocycles. The maximum Gasteiger partial charge on any atom is 0.472 e. The minimum absolute atomic E-state index is 0.0556. The molecule has 3 atom stereocenters. The fourth-order valence-corrected chi connectivity index (χ4v) is 6.96. The van der Waals surface area contributed by atoms with Crippen LogP contribution in [0.25, 0.3) is 0 Å². The molecule has 0 saturated heterocycles. The number of phosphoric acid groups is 1. The van der Waals surface area contributed by atoms with Crippen molar-refractivity contribution in [3.05, 3.63) is 36.5 Å². The monoisotopic (exact) mass is 784 g/mol. The number of unbranched alkanes of at least 4 members (excludes halogenated alkanes) is 23. The molecule has 0 aliphatic rings. The Labute approximate surface area is 334 Å². The third-order valence-corrected chi connectivity index (χ3v) is 10.8. The number of hydrogen-bond donors (Lipinski definition) is 3. The second-order valence-corrected chi connectivity index (χ2v) is 17.9. The molecule has 1 amide bonds. The largest absolute Gasteiger partial charge is 0.472 e. The number of allylic oxidation sites excluding steroid dienone is 5. The van der Waals surface area contributed by atoms with Crippen LogP contribution in [0.15, 0.2) is 36.5 Å². The van der Waals surface area contributed by atoms with Gasteiger partial charge in [-0.1, -0.05) is 166 Å². The van der Waals surface area contributed by atoms with E-state index in [1.54, 1.807) is 6.08 Å². The van der Waals surface area contributed by atoms with E-state index in [0.717, 1.165) is 38.5 Å². The average Bonchev–Trinajstić information content (AvgIpc) is 3.12. The number of aliphatic hydroxyl groups is 1. The van der Waals surface area contributed by atoms with Gasteiger partial charge in [0.25, 0.3) is 0 Å². The lowest BCUT2D eigenvalue weighted by Crippen LogP contribution is -2.45. The average molecular weight is 784 g/mol. The summed E-state index contributed by atoms with van der Waals surface area (Å²) in [5.41, 5.74) is 0. The van der Waals surface area contributed by atoms with Crippen molar-refractivity contribution in [2.75, 3.05) is 40.9 Å². The summed E-state index contributed by atoms with van der Waals surface area (Å²) in [4.78, 5) is 23.1. The predicted octanol–water partition coefficient (Wildman–Crippen LogP) is 12.3. The van der Waals surface area contributed by atoms with Gasteiger partial charge in [0.15, 0.2) is 0 Å². The van der Waals surface area contributed by atoms with Gasteiger partial charge in [-0.3, -0.25) is 13.8 Å². The van der Waals surface area contributed by atoms with Gasteiger partial charge in [-0.2, -0.15) is 0 Å². The molecule has 54 heavy (non-hydrogen) atoms. The van der Waals surface area contributed by atoms with Gasteiger partial charge in [-0.25, -0.2) is 4.57 Å². The number of nitrogens with zero attached hydrogens (tertiary/aromatic N) is 1. The highest BCUT2D eigenvalue weighted by atomic mass is 31.2. The van der Waals surface area contributed by atoms with Crippen molar-refractivity contribution >= 4 is 13.7 Å². The molecule has 0 aromatic rings. The summed E-state index contributed by atoms with van der Waals surface area (Å²) in [6, 6.07) is -0.861. The number of aliphatic hydroxyl groups excluding tert-OH is 1. The Balaban J connectivity index is 4.33. The molecule has 0 radical (unpaired) electrons. The lowest BCUT2D eigenvalue weighted by Gasteiger charge is -2.25. The second-order valence-electron chi connectivity index (χ2n) is 16.4. The number of hydrogen-bond acceptors (Lipinski definition) is 5. The van der Waals surface area contributed by atoms with Gasteiger partial charge in [-0.15, -0.1) is 0 Å². The fourth-order valence-electron chi connectivity index (χ4n) is 6.23. The van der Waals surface area contributed by atoms with Gasteiger partial charge in [-0.05, 0) is 57.8 Å². The van der Waals surface area contributed by atoms with Crippen LogP contribution in [0.5, 0.6) is 0 Å². The Hall–Kier alpha value is -1.28. The first-order valence-electron chi connectivity index (χ1n) is 22.4. The summed E-state index contributed by atoms with van der Waals surface area (Å²) in [5, 5.41) is 13.8. The van der Waals surface area contributed by atoms with E-state index >= 15 is 0 Å². The highest BCUT2D eigenvalue weighted by molar-refractivity contribution is 7.47. The normalized spacial score (nSPS) is 14.7. The SMILES string of the molecule is CCCCCCC/C=C/CC/C=C/C(O)C(COP(=O)(O)OCC[N+](C)(C)C)NC(=O)CCCCCCCCCCC/C=C\CCCCCCCCCC. The van der Waals surface area contributed by atoms with Crippen molar-refractivity contribution in [1.82, 2.24) is 5.32 Å². The molecule has 0 fully saturated rings. The highest BCUT2D eigenvalue weighted by Gasteiger charge is 2.27. The second kappa shape index (κ2) is 37.3. The van der Waals surface area contributed by atoms with Crippen LogP contribution in [-0.2, 0) is 18.4 Å². The van der Waals surface area contributed by atoms with Crippen LogP contribution >= 0.6 is 7.82 Å². The molecule has 0 spiro atoms. The van der Waals surface area contributed by atoms with Crippen LogP contribution in [-0.4, -0.2) is 73.4 Å². The molecule has 0 aromatic carbocycles. The van der Waals surface area contributed by atoms with Crippen molar-refractivity contribution in [3.8, 4) is 0 Å². The van der Waals surface area contributed by atoms with E-state index in [0.29, 0.717) is 17.4 Å². The molecule has 0 rings (SSSR count). The van der Waals surface area contributed by atoms with Crippen LogP contribution in [0.2, 0.25) is 0 Å². The van der Waals surface area contributed by atoms with E-state index in [1.165, 1.54) is 135 Å². The zero-order valence-corrected chi connectivity index (χ0v) is 36.9. The third kappa shape index (κ3) is 39.0. The molecule has 0 aliphatic carbocycles. The van der Waals surface area contributed by atoms with E-state index in [1.807, 2.05) is 27.2 Å². The zero-order chi connectivity index (χ0) is 40.0. The lowest BCUT2D eigenvalue weighted by molar-refractivity contribution is -0.870. The molecule has 9 heteroatoms.